The van der Waals surface area contributed by atoms with Crippen LogP contribution in [-0.2, 0) is 13.1 Å². The predicted molar refractivity (Wildman–Crippen MR) is 108 cm³/mol. The van der Waals surface area contributed by atoms with Crippen LogP contribution >= 0.6 is 0 Å². The first-order valence-corrected chi connectivity index (χ1v) is 9.67. The Hall–Kier alpha value is -2.70. The molecule has 0 aliphatic carbocycles. The zero-order valence-electron chi connectivity index (χ0n) is 16.5. The van der Waals surface area contributed by atoms with Gasteiger partial charge in [0.25, 0.3) is 0 Å². The van der Waals surface area contributed by atoms with E-state index in [2.05, 4.69) is 45.1 Å². The summed E-state index contributed by atoms with van der Waals surface area (Å²) in [5, 5.41) is 8.40. The molecule has 1 fully saturated rings. The van der Waals surface area contributed by atoms with E-state index in [1.54, 1.807) is 7.11 Å². The number of aryl methyl sites for hydroxylation is 1. The molecule has 0 N–H and O–H groups in total. The number of ether oxygens (including phenoxy) is 1. The molecule has 0 unspecified atom stereocenters. The second-order valence-electron chi connectivity index (χ2n) is 7.23. The van der Waals surface area contributed by atoms with Crippen molar-refractivity contribution in [3.63, 3.8) is 0 Å². The van der Waals surface area contributed by atoms with Gasteiger partial charge in [-0.15, -0.1) is 10.2 Å². The van der Waals surface area contributed by atoms with Gasteiger partial charge >= 0.3 is 0 Å². The Morgan fingerprint density at radius 3 is 2.36 bits per heavy atom. The summed E-state index contributed by atoms with van der Waals surface area (Å²) in [6, 6.07) is 16.3. The van der Waals surface area contributed by atoms with Crippen molar-refractivity contribution in [2.24, 2.45) is 0 Å². The number of nitrogens with zero attached hydrogens (tertiary/aromatic N) is 4. The molecule has 0 atom stereocenters. The third-order valence-electron chi connectivity index (χ3n) is 5.14. The topological polar surface area (TPSA) is 54.6 Å². The van der Waals surface area contributed by atoms with E-state index < -0.39 is 0 Å². The SMILES string of the molecule is COc1ccc(C)cc1CN1CCN(Cc2nnc(-c3ccccc3)o2)CC1. The Bertz CT molecular complexity index is 902. The summed E-state index contributed by atoms with van der Waals surface area (Å²) in [4.78, 5) is 4.84. The molecular formula is C22H26N4O2. The number of hydrogen-bond acceptors (Lipinski definition) is 6. The van der Waals surface area contributed by atoms with Gasteiger partial charge in [-0.25, -0.2) is 0 Å². The van der Waals surface area contributed by atoms with Crippen LogP contribution in [0.4, 0.5) is 0 Å². The van der Waals surface area contributed by atoms with E-state index in [0.717, 1.165) is 44.0 Å². The zero-order valence-corrected chi connectivity index (χ0v) is 16.5. The van der Waals surface area contributed by atoms with Crippen LogP contribution < -0.4 is 4.74 Å². The molecule has 0 bridgehead atoms. The van der Waals surface area contributed by atoms with Gasteiger partial charge in [0, 0.05) is 43.9 Å². The van der Waals surface area contributed by atoms with E-state index in [0.29, 0.717) is 18.3 Å². The van der Waals surface area contributed by atoms with Crippen LogP contribution in [0.1, 0.15) is 17.0 Å². The number of piperazine rings is 1. The first kappa shape index (κ1) is 18.7. The summed E-state index contributed by atoms with van der Waals surface area (Å²) in [6.45, 7) is 7.72. The van der Waals surface area contributed by atoms with Crippen LogP contribution in [0.25, 0.3) is 11.5 Å². The number of aromatic nitrogens is 2. The summed E-state index contributed by atoms with van der Waals surface area (Å²) in [6.07, 6.45) is 0. The lowest BCUT2D eigenvalue weighted by molar-refractivity contribution is 0.114. The summed E-state index contributed by atoms with van der Waals surface area (Å²) in [5.41, 5.74) is 3.47. The first-order chi connectivity index (χ1) is 13.7. The fourth-order valence-corrected chi connectivity index (χ4v) is 3.58. The van der Waals surface area contributed by atoms with Crippen molar-refractivity contribution >= 4 is 0 Å². The molecule has 1 aromatic heterocycles. The fraction of sp³-hybridized carbons (Fsp3) is 0.364. The largest absolute Gasteiger partial charge is 0.496 e. The molecule has 4 rings (SSSR count). The lowest BCUT2D eigenvalue weighted by atomic mass is 10.1. The van der Waals surface area contributed by atoms with Gasteiger partial charge in [-0.05, 0) is 25.1 Å². The molecule has 1 saturated heterocycles. The molecule has 2 aromatic carbocycles. The second-order valence-corrected chi connectivity index (χ2v) is 7.23. The molecule has 2 heterocycles. The highest BCUT2D eigenvalue weighted by Crippen LogP contribution is 2.22. The number of hydrogen-bond donors (Lipinski definition) is 0. The monoisotopic (exact) mass is 378 g/mol. The van der Waals surface area contributed by atoms with Gasteiger partial charge in [0.15, 0.2) is 0 Å². The molecule has 3 aromatic rings. The van der Waals surface area contributed by atoms with Crippen molar-refractivity contribution in [1.29, 1.82) is 0 Å². The fourth-order valence-electron chi connectivity index (χ4n) is 3.58. The van der Waals surface area contributed by atoms with Gasteiger partial charge in [-0.3, -0.25) is 9.80 Å². The Kier molecular flexibility index (Phi) is 5.69. The van der Waals surface area contributed by atoms with Crippen LogP contribution in [0, 0.1) is 6.92 Å². The molecule has 1 aliphatic heterocycles. The molecule has 146 valence electrons. The van der Waals surface area contributed by atoms with E-state index in [1.165, 1.54) is 11.1 Å². The zero-order chi connectivity index (χ0) is 19.3. The summed E-state index contributed by atoms with van der Waals surface area (Å²) >= 11 is 0. The highest BCUT2D eigenvalue weighted by molar-refractivity contribution is 5.51. The molecule has 0 amide bonds. The minimum atomic E-state index is 0.584. The van der Waals surface area contributed by atoms with E-state index in [9.17, 15) is 0 Å². The van der Waals surface area contributed by atoms with Crippen LogP contribution in [-0.4, -0.2) is 53.3 Å². The Balaban J connectivity index is 1.31. The second kappa shape index (κ2) is 8.54. The molecule has 0 spiro atoms. The molecule has 0 saturated carbocycles. The van der Waals surface area contributed by atoms with Gasteiger partial charge in [0.2, 0.25) is 11.8 Å². The minimum Gasteiger partial charge on any atom is -0.496 e. The smallest absolute Gasteiger partial charge is 0.247 e. The Morgan fingerprint density at radius 2 is 1.64 bits per heavy atom. The van der Waals surface area contributed by atoms with Crippen molar-refractivity contribution in [2.75, 3.05) is 33.3 Å². The van der Waals surface area contributed by atoms with Crippen LogP contribution in [0.2, 0.25) is 0 Å². The van der Waals surface area contributed by atoms with Crippen LogP contribution in [0.5, 0.6) is 5.75 Å². The Labute approximate surface area is 165 Å². The van der Waals surface area contributed by atoms with Crippen molar-refractivity contribution in [3.05, 3.63) is 65.5 Å². The highest BCUT2D eigenvalue weighted by atomic mass is 16.5. The van der Waals surface area contributed by atoms with Gasteiger partial charge < -0.3 is 9.15 Å². The average Bonchev–Trinajstić information content (AvgIpc) is 3.19. The maximum atomic E-state index is 5.84. The van der Waals surface area contributed by atoms with Gasteiger partial charge in [-0.1, -0.05) is 35.9 Å². The number of rotatable bonds is 6. The molecule has 1 aliphatic rings. The van der Waals surface area contributed by atoms with Crippen molar-refractivity contribution in [1.82, 2.24) is 20.0 Å². The third-order valence-corrected chi connectivity index (χ3v) is 5.14. The lowest BCUT2D eigenvalue weighted by Gasteiger charge is -2.34. The van der Waals surface area contributed by atoms with E-state index in [4.69, 9.17) is 9.15 Å². The summed E-state index contributed by atoms with van der Waals surface area (Å²) in [5.74, 6) is 2.22. The molecule has 6 heteroatoms. The summed E-state index contributed by atoms with van der Waals surface area (Å²) in [7, 11) is 1.74. The standard InChI is InChI=1S/C22H26N4O2/c1-17-8-9-20(27-2)19(14-17)15-25-10-12-26(13-11-25)16-21-23-24-22(28-21)18-6-4-3-5-7-18/h3-9,14H,10-13,15-16H2,1-2H3. The lowest BCUT2D eigenvalue weighted by Crippen LogP contribution is -2.45. The average molecular weight is 378 g/mol. The van der Waals surface area contributed by atoms with Crippen LogP contribution in [0.15, 0.2) is 52.9 Å². The van der Waals surface area contributed by atoms with Crippen LogP contribution in [0.3, 0.4) is 0 Å². The number of benzene rings is 2. The molecule has 28 heavy (non-hydrogen) atoms. The summed E-state index contributed by atoms with van der Waals surface area (Å²) < 4.78 is 11.4. The Morgan fingerprint density at radius 1 is 0.929 bits per heavy atom. The quantitative estimate of drug-likeness (QED) is 0.656. The van der Waals surface area contributed by atoms with E-state index in [-0.39, 0.29) is 0 Å². The maximum Gasteiger partial charge on any atom is 0.247 e. The van der Waals surface area contributed by atoms with Gasteiger partial charge in [0.1, 0.15) is 5.75 Å². The van der Waals surface area contributed by atoms with E-state index >= 15 is 0 Å². The third kappa shape index (κ3) is 4.40. The van der Waals surface area contributed by atoms with Crippen molar-refractivity contribution in [3.8, 4) is 17.2 Å². The van der Waals surface area contributed by atoms with Gasteiger partial charge in [-0.2, -0.15) is 0 Å². The van der Waals surface area contributed by atoms with Gasteiger partial charge in [0.05, 0.1) is 13.7 Å². The number of methoxy groups -OCH3 is 1. The van der Waals surface area contributed by atoms with Crippen molar-refractivity contribution in [2.45, 2.75) is 20.0 Å². The minimum absolute atomic E-state index is 0.584. The molecule has 6 nitrogen and oxygen atoms in total. The predicted octanol–water partition coefficient (Wildman–Crippen LogP) is 3.37. The first-order valence-electron chi connectivity index (χ1n) is 9.67. The molecule has 0 radical (unpaired) electrons. The highest BCUT2D eigenvalue weighted by Gasteiger charge is 2.20. The molecular weight excluding hydrogens is 352 g/mol. The van der Waals surface area contributed by atoms with E-state index in [1.807, 2.05) is 30.3 Å². The van der Waals surface area contributed by atoms with Crippen molar-refractivity contribution < 1.29 is 9.15 Å². The normalized spacial score (nSPS) is 15.6. The maximum absolute atomic E-state index is 5.84.